The van der Waals surface area contributed by atoms with Crippen LogP contribution in [-0.4, -0.2) is 31.1 Å². The molecule has 0 radical (unpaired) electrons. The van der Waals surface area contributed by atoms with Gasteiger partial charge in [0, 0.05) is 6.04 Å². The molecule has 0 aliphatic carbocycles. The fourth-order valence-corrected chi connectivity index (χ4v) is 2.48. The van der Waals surface area contributed by atoms with Crippen molar-refractivity contribution in [2.75, 3.05) is 26.2 Å². The standard InChI is InChI=1S/C17H29FN2/c1-4-7-12-20(6-3)13-11-17(19-5-2)15-9-8-10-16(18)14-15/h8-10,14,17,19H,4-7,11-13H2,1-3H3. The normalized spacial score (nSPS) is 12.8. The molecule has 0 spiro atoms. The van der Waals surface area contributed by atoms with Crippen LogP contribution in [0.2, 0.25) is 0 Å². The van der Waals surface area contributed by atoms with Gasteiger partial charge in [0.25, 0.3) is 0 Å². The zero-order chi connectivity index (χ0) is 14.8. The zero-order valence-corrected chi connectivity index (χ0v) is 13.2. The molecule has 2 nitrogen and oxygen atoms in total. The quantitative estimate of drug-likeness (QED) is 0.697. The molecule has 0 aromatic heterocycles. The Balaban J connectivity index is 2.58. The molecule has 1 aromatic carbocycles. The van der Waals surface area contributed by atoms with Gasteiger partial charge in [-0.2, -0.15) is 0 Å². The second kappa shape index (κ2) is 9.89. The van der Waals surface area contributed by atoms with E-state index in [9.17, 15) is 4.39 Å². The first-order chi connectivity index (χ1) is 9.71. The van der Waals surface area contributed by atoms with Crippen LogP contribution in [0.15, 0.2) is 24.3 Å². The Hall–Kier alpha value is -0.930. The van der Waals surface area contributed by atoms with Gasteiger partial charge in [-0.3, -0.25) is 0 Å². The largest absolute Gasteiger partial charge is 0.310 e. The number of hydrogen-bond acceptors (Lipinski definition) is 2. The maximum atomic E-state index is 13.4. The van der Waals surface area contributed by atoms with Crippen molar-refractivity contribution in [3.63, 3.8) is 0 Å². The Morgan fingerprint density at radius 3 is 2.60 bits per heavy atom. The predicted octanol–water partition coefficient (Wildman–Crippen LogP) is 3.99. The average molecular weight is 280 g/mol. The molecule has 0 bridgehead atoms. The highest BCUT2D eigenvalue weighted by Gasteiger charge is 2.12. The van der Waals surface area contributed by atoms with Crippen LogP contribution >= 0.6 is 0 Å². The third kappa shape index (κ3) is 6.02. The van der Waals surface area contributed by atoms with Gasteiger partial charge in [-0.15, -0.1) is 0 Å². The van der Waals surface area contributed by atoms with E-state index < -0.39 is 0 Å². The number of benzene rings is 1. The number of unbranched alkanes of at least 4 members (excludes halogenated alkanes) is 1. The van der Waals surface area contributed by atoms with E-state index in [-0.39, 0.29) is 11.9 Å². The van der Waals surface area contributed by atoms with Crippen molar-refractivity contribution in [3.8, 4) is 0 Å². The van der Waals surface area contributed by atoms with Gasteiger partial charge in [-0.05, 0) is 56.7 Å². The molecule has 3 heteroatoms. The summed E-state index contributed by atoms with van der Waals surface area (Å²) in [6.45, 7) is 10.7. The molecule has 0 aliphatic heterocycles. The smallest absolute Gasteiger partial charge is 0.123 e. The van der Waals surface area contributed by atoms with Crippen molar-refractivity contribution in [1.29, 1.82) is 0 Å². The van der Waals surface area contributed by atoms with Crippen molar-refractivity contribution in [3.05, 3.63) is 35.6 Å². The lowest BCUT2D eigenvalue weighted by Gasteiger charge is -2.24. The maximum Gasteiger partial charge on any atom is 0.123 e. The highest BCUT2D eigenvalue weighted by atomic mass is 19.1. The molecule has 1 atom stereocenters. The van der Waals surface area contributed by atoms with Crippen LogP contribution in [-0.2, 0) is 0 Å². The highest BCUT2D eigenvalue weighted by molar-refractivity contribution is 5.20. The molecule has 0 heterocycles. The number of nitrogens with zero attached hydrogens (tertiary/aromatic N) is 1. The lowest BCUT2D eigenvalue weighted by atomic mass is 10.0. The van der Waals surface area contributed by atoms with E-state index in [1.165, 1.54) is 18.9 Å². The van der Waals surface area contributed by atoms with Gasteiger partial charge in [0.15, 0.2) is 0 Å². The van der Waals surface area contributed by atoms with Crippen LogP contribution in [0.4, 0.5) is 4.39 Å². The summed E-state index contributed by atoms with van der Waals surface area (Å²) in [7, 11) is 0. The minimum absolute atomic E-state index is 0.149. The minimum atomic E-state index is -0.149. The van der Waals surface area contributed by atoms with Crippen molar-refractivity contribution < 1.29 is 4.39 Å². The summed E-state index contributed by atoms with van der Waals surface area (Å²) in [5.41, 5.74) is 1.05. The first-order valence-electron chi connectivity index (χ1n) is 7.92. The Bertz CT molecular complexity index is 368. The van der Waals surface area contributed by atoms with Gasteiger partial charge < -0.3 is 10.2 Å². The van der Waals surface area contributed by atoms with Gasteiger partial charge in [-0.1, -0.05) is 39.3 Å². The van der Waals surface area contributed by atoms with Gasteiger partial charge in [0.2, 0.25) is 0 Å². The summed E-state index contributed by atoms with van der Waals surface area (Å²) in [5, 5.41) is 3.47. The van der Waals surface area contributed by atoms with Crippen LogP contribution in [0.3, 0.4) is 0 Å². The van der Waals surface area contributed by atoms with Crippen LogP contribution in [0.1, 0.15) is 51.6 Å². The first-order valence-corrected chi connectivity index (χ1v) is 7.92. The zero-order valence-electron chi connectivity index (χ0n) is 13.2. The summed E-state index contributed by atoms with van der Waals surface area (Å²) in [4.78, 5) is 2.48. The van der Waals surface area contributed by atoms with Gasteiger partial charge >= 0.3 is 0 Å². The van der Waals surface area contributed by atoms with Crippen molar-refractivity contribution in [2.45, 2.75) is 46.1 Å². The van der Waals surface area contributed by atoms with E-state index in [2.05, 4.69) is 31.0 Å². The molecule has 1 unspecified atom stereocenters. The highest BCUT2D eigenvalue weighted by Crippen LogP contribution is 2.18. The van der Waals surface area contributed by atoms with E-state index in [4.69, 9.17) is 0 Å². The van der Waals surface area contributed by atoms with Crippen molar-refractivity contribution in [2.24, 2.45) is 0 Å². The summed E-state index contributed by atoms with van der Waals surface area (Å²) in [6, 6.07) is 7.20. The van der Waals surface area contributed by atoms with Gasteiger partial charge in [-0.25, -0.2) is 4.39 Å². The first kappa shape index (κ1) is 17.1. The summed E-state index contributed by atoms with van der Waals surface area (Å²) in [6.07, 6.45) is 3.51. The fraction of sp³-hybridized carbons (Fsp3) is 0.647. The molecule has 0 saturated carbocycles. The second-order valence-electron chi connectivity index (χ2n) is 5.24. The summed E-state index contributed by atoms with van der Waals surface area (Å²) >= 11 is 0. The molecule has 0 amide bonds. The maximum absolute atomic E-state index is 13.4. The van der Waals surface area contributed by atoms with Gasteiger partial charge in [0.05, 0.1) is 0 Å². The van der Waals surface area contributed by atoms with Crippen molar-refractivity contribution >= 4 is 0 Å². The Kier molecular flexibility index (Phi) is 8.47. The molecule has 20 heavy (non-hydrogen) atoms. The molecular weight excluding hydrogens is 251 g/mol. The molecule has 1 rings (SSSR count). The monoisotopic (exact) mass is 280 g/mol. The Morgan fingerprint density at radius 2 is 2.00 bits per heavy atom. The van der Waals surface area contributed by atoms with Gasteiger partial charge in [0.1, 0.15) is 5.82 Å². The molecule has 0 aliphatic rings. The average Bonchev–Trinajstić information content (AvgIpc) is 2.46. The number of nitrogens with one attached hydrogen (secondary N) is 1. The third-order valence-corrected chi connectivity index (χ3v) is 3.71. The number of rotatable bonds is 10. The molecule has 0 saturated heterocycles. The topological polar surface area (TPSA) is 15.3 Å². The van der Waals surface area contributed by atoms with Crippen LogP contribution < -0.4 is 5.32 Å². The minimum Gasteiger partial charge on any atom is -0.310 e. The predicted molar refractivity (Wildman–Crippen MR) is 84.5 cm³/mol. The lowest BCUT2D eigenvalue weighted by molar-refractivity contribution is 0.265. The molecule has 114 valence electrons. The molecule has 1 N–H and O–H groups in total. The van der Waals surface area contributed by atoms with E-state index in [0.717, 1.165) is 38.2 Å². The molecular formula is C17H29FN2. The summed E-state index contributed by atoms with van der Waals surface area (Å²) < 4.78 is 13.4. The molecule has 1 aromatic rings. The van der Waals surface area contributed by atoms with Crippen LogP contribution in [0, 0.1) is 5.82 Å². The Labute approximate surface area is 123 Å². The second-order valence-corrected chi connectivity index (χ2v) is 5.24. The van der Waals surface area contributed by atoms with E-state index in [0.29, 0.717) is 0 Å². The Morgan fingerprint density at radius 1 is 1.20 bits per heavy atom. The third-order valence-electron chi connectivity index (χ3n) is 3.71. The number of hydrogen-bond donors (Lipinski definition) is 1. The van der Waals surface area contributed by atoms with Crippen LogP contribution in [0.25, 0.3) is 0 Å². The SMILES string of the molecule is CCCCN(CC)CCC(NCC)c1cccc(F)c1. The van der Waals surface area contributed by atoms with E-state index >= 15 is 0 Å². The summed E-state index contributed by atoms with van der Waals surface area (Å²) in [5.74, 6) is -0.149. The van der Waals surface area contributed by atoms with E-state index in [1.54, 1.807) is 12.1 Å². The molecule has 0 fully saturated rings. The van der Waals surface area contributed by atoms with Crippen LogP contribution in [0.5, 0.6) is 0 Å². The fourth-order valence-electron chi connectivity index (χ4n) is 2.48. The lowest BCUT2D eigenvalue weighted by Crippen LogP contribution is -2.30. The van der Waals surface area contributed by atoms with E-state index in [1.807, 2.05) is 6.07 Å². The number of halogens is 1. The van der Waals surface area contributed by atoms with Crippen molar-refractivity contribution in [1.82, 2.24) is 10.2 Å².